The van der Waals surface area contributed by atoms with E-state index in [0.717, 1.165) is 5.56 Å². The van der Waals surface area contributed by atoms with Crippen molar-refractivity contribution >= 4 is 17.4 Å². The van der Waals surface area contributed by atoms with Gasteiger partial charge in [0.2, 0.25) is 0 Å². The van der Waals surface area contributed by atoms with Crippen molar-refractivity contribution in [3.8, 4) is 0 Å². The number of hydrogen-bond acceptors (Lipinski definition) is 2. The molecule has 1 fully saturated rings. The Morgan fingerprint density at radius 3 is 2.48 bits per heavy atom. The molecule has 2 atom stereocenters. The first-order valence-electron chi connectivity index (χ1n) is 8.02. The van der Waals surface area contributed by atoms with Crippen LogP contribution in [0, 0.1) is 12.8 Å². The number of ether oxygens (including phenoxy) is 1. The van der Waals surface area contributed by atoms with Crippen LogP contribution in [0.3, 0.4) is 0 Å². The van der Waals surface area contributed by atoms with E-state index < -0.39 is 0 Å². The first-order chi connectivity index (χ1) is 11.1. The Morgan fingerprint density at radius 2 is 1.78 bits per heavy atom. The molecule has 2 aromatic carbocycles. The maximum absolute atomic E-state index is 12.4. The summed E-state index contributed by atoms with van der Waals surface area (Å²) < 4.78 is 5.65. The number of hydrogen-bond donors (Lipinski definition) is 0. The number of aryl methyl sites for hydroxylation is 1. The zero-order valence-electron chi connectivity index (χ0n) is 13.3. The van der Waals surface area contributed by atoms with Gasteiger partial charge in [0, 0.05) is 23.8 Å². The Hall–Kier alpha value is -1.64. The van der Waals surface area contributed by atoms with E-state index in [2.05, 4.69) is 31.2 Å². The van der Waals surface area contributed by atoms with Crippen LogP contribution < -0.4 is 0 Å². The zero-order chi connectivity index (χ0) is 16.2. The lowest BCUT2D eigenvalue weighted by Crippen LogP contribution is -2.16. The molecule has 120 valence electrons. The van der Waals surface area contributed by atoms with E-state index in [1.54, 1.807) is 0 Å². The summed E-state index contributed by atoms with van der Waals surface area (Å²) in [5, 5.41) is 0.699. The highest BCUT2D eigenvalue weighted by atomic mass is 35.5. The number of carbonyl (C=O) groups excluding carboxylic acids is 1. The summed E-state index contributed by atoms with van der Waals surface area (Å²) in [6.07, 6.45) is 1.04. The lowest BCUT2D eigenvalue weighted by molar-refractivity contribution is -0.119. The van der Waals surface area contributed by atoms with Crippen LogP contribution in [0.15, 0.2) is 48.5 Å². The monoisotopic (exact) mass is 328 g/mol. The molecule has 0 bridgehead atoms. The van der Waals surface area contributed by atoms with Gasteiger partial charge in [-0.05, 0) is 36.1 Å². The Labute approximate surface area is 142 Å². The standard InChI is InChI=1S/C20H21ClO2/c1-14-2-6-16(7-3-14)20-13-23-12-17(20)11-19(22)10-15-4-8-18(21)9-5-15/h2-9,17,20H,10-13H2,1H3/t17-,20-/m0/s1. The molecular formula is C20H21ClO2. The second-order valence-corrected chi connectivity index (χ2v) is 6.80. The molecular weight excluding hydrogens is 308 g/mol. The van der Waals surface area contributed by atoms with E-state index in [0.29, 0.717) is 37.0 Å². The van der Waals surface area contributed by atoms with Crippen LogP contribution in [0.25, 0.3) is 0 Å². The van der Waals surface area contributed by atoms with E-state index in [1.807, 2.05) is 24.3 Å². The first-order valence-corrected chi connectivity index (χ1v) is 8.40. The molecule has 3 heteroatoms. The Bertz CT molecular complexity index is 661. The van der Waals surface area contributed by atoms with E-state index >= 15 is 0 Å². The molecule has 23 heavy (non-hydrogen) atoms. The van der Waals surface area contributed by atoms with Crippen molar-refractivity contribution in [3.63, 3.8) is 0 Å². The summed E-state index contributed by atoms with van der Waals surface area (Å²) in [6, 6.07) is 16.1. The SMILES string of the molecule is Cc1ccc([C@@H]2COC[C@@H]2CC(=O)Cc2ccc(Cl)cc2)cc1. The summed E-state index contributed by atoms with van der Waals surface area (Å²) in [7, 11) is 0. The molecule has 1 aliphatic rings. The van der Waals surface area contributed by atoms with Gasteiger partial charge in [0.05, 0.1) is 13.2 Å². The fourth-order valence-electron chi connectivity index (χ4n) is 3.18. The van der Waals surface area contributed by atoms with Gasteiger partial charge >= 0.3 is 0 Å². The van der Waals surface area contributed by atoms with Crippen LogP contribution in [-0.4, -0.2) is 19.0 Å². The van der Waals surface area contributed by atoms with Gasteiger partial charge in [-0.1, -0.05) is 53.6 Å². The predicted octanol–water partition coefficient (Wildman–Crippen LogP) is 4.58. The smallest absolute Gasteiger partial charge is 0.137 e. The van der Waals surface area contributed by atoms with Crippen molar-refractivity contribution in [2.75, 3.05) is 13.2 Å². The minimum absolute atomic E-state index is 0.264. The van der Waals surface area contributed by atoms with E-state index in [1.165, 1.54) is 11.1 Å². The Kier molecular flexibility index (Phi) is 5.14. The van der Waals surface area contributed by atoms with Crippen molar-refractivity contribution in [2.24, 2.45) is 5.92 Å². The van der Waals surface area contributed by atoms with Crippen molar-refractivity contribution in [3.05, 3.63) is 70.2 Å². The van der Waals surface area contributed by atoms with Crippen molar-refractivity contribution in [2.45, 2.75) is 25.7 Å². The van der Waals surface area contributed by atoms with Crippen LogP contribution in [0.2, 0.25) is 5.02 Å². The molecule has 0 radical (unpaired) electrons. The third-order valence-electron chi connectivity index (χ3n) is 4.51. The summed E-state index contributed by atoms with van der Waals surface area (Å²) in [4.78, 5) is 12.4. The molecule has 0 N–H and O–H groups in total. The number of benzene rings is 2. The molecule has 1 heterocycles. The lowest BCUT2D eigenvalue weighted by Gasteiger charge is -2.17. The summed E-state index contributed by atoms with van der Waals surface area (Å²) in [5.74, 6) is 0.863. The number of halogens is 1. The largest absolute Gasteiger partial charge is 0.380 e. The topological polar surface area (TPSA) is 26.3 Å². The molecule has 0 spiro atoms. The highest BCUT2D eigenvalue weighted by Gasteiger charge is 2.31. The van der Waals surface area contributed by atoms with Gasteiger partial charge in [0.15, 0.2) is 0 Å². The fourth-order valence-corrected chi connectivity index (χ4v) is 3.30. The predicted molar refractivity (Wildman–Crippen MR) is 93.0 cm³/mol. The normalized spacial score (nSPS) is 20.6. The molecule has 0 aromatic heterocycles. The molecule has 0 amide bonds. The molecule has 0 saturated carbocycles. The molecule has 1 saturated heterocycles. The minimum atomic E-state index is 0.264. The van der Waals surface area contributed by atoms with Crippen molar-refractivity contribution < 1.29 is 9.53 Å². The zero-order valence-corrected chi connectivity index (χ0v) is 14.1. The maximum Gasteiger partial charge on any atom is 0.137 e. The lowest BCUT2D eigenvalue weighted by atomic mass is 9.84. The molecule has 2 aromatic rings. The molecule has 1 aliphatic heterocycles. The van der Waals surface area contributed by atoms with Crippen LogP contribution in [-0.2, 0) is 16.0 Å². The molecule has 3 rings (SSSR count). The van der Waals surface area contributed by atoms with Gasteiger partial charge in [0.25, 0.3) is 0 Å². The molecule has 0 unspecified atom stereocenters. The van der Waals surface area contributed by atoms with Crippen LogP contribution >= 0.6 is 11.6 Å². The third-order valence-corrected chi connectivity index (χ3v) is 4.76. The third kappa shape index (κ3) is 4.21. The fraction of sp³-hybridized carbons (Fsp3) is 0.350. The Balaban J connectivity index is 1.62. The average Bonchev–Trinajstić information content (AvgIpc) is 2.98. The second kappa shape index (κ2) is 7.29. The van der Waals surface area contributed by atoms with Gasteiger partial charge < -0.3 is 4.74 Å². The van der Waals surface area contributed by atoms with Gasteiger partial charge in [-0.25, -0.2) is 0 Å². The molecule has 0 aliphatic carbocycles. The number of ketones is 1. The van der Waals surface area contributed by atoms with Gasteiger partial charge in [-0.15, -0.1) is 0 Å². The van der Waals surface area contributed by atoms with E-state index in [4.69, 9.17) is 16.3 Å². The van der Waals surface area contributed by atoms with Gasteiger partial charge in [-0.2, -0.15) is 0 Å². The minimum Gasteiger partial charge on any atom is -0.380 e. The van der Waals surface area contributed by atoms with E-state index in [9.17, 15) is 4.79 Å². The van der Waals surface area contributed by atoms with Crippen LogP contribution in [0.1, 0.15) is 29.0 Å². The highest BCUT2D eigenvalue weighted by Crippen LogP contribution is 2.33. The first kappa shape index (κ1) is 16.2. The number of Topliss-reactive ketones (excluding diaryl/α,β-unsaturated/α-hetero) is 1. The summed E-state index contributed by atoms with van der Waals surface area (Å²) in [6.45, 7) is 3.47. The number of carbonyl (C=O) groups is 1. The maximum atomic E-state index is 12.4. The van der Waals surface area contributed by atoms with Crippen molar-refractivity contribution in [1.82, 2.24) is 0 Å². The van der Waals surface area contributed by atoms with E-state index in [-0.39, 0.29) is 11.7 Å². The molecule has 2 nitrogen and oxygen atoms in total. The van der Waals surface area contributed by atoms with Gasteiger partial charge in [0.1, 0.15) is 5.78 Å². The Morgan fingerprint density at radius 1 is 1.09 bits per heavy atom. The summed E-state index contributed by atoms with van der Waals surface area (Å²) in [5.41, 5.74) is 3.55. The van der Waals surface area contributed by atoms with Gasteiger partial charge in [-0.3, -0.25) is 4.79 Å². The van der Waals surface area contributed by atoms with Crippen LogP contribution in [0.5, 0.6) is 0 Å². The van der Waals surface area contributed by atoms with Crippen molar-refractivity contribution in [1.29, 1.82) is 0 Å². The quantitative estimate of drug-likeness (QED) is 0.803. The average molecular weight is 329 g/mol. The summed E-state index contributed by atoms with van der Waals surface area (Å²) >= 11 is 5.88. The number of rotatable bonds is 5. The van der Waals surface area contributed by atoms with Crippen LogP contribution in [0.4, 0.5) is 0 Å². The second-order valence-electron chi connectivity index (χ2n) is 6.36. The highest BCUT2D eigenvalue weighted by molar-refractivity contribution is 6.30.